The number of methoxy groups -OCH3 is 1. The topological polar surface area (TPSA) is 51.2 Å². The van der Waals surface area contributed by atoms with Crippen LogP contribution in [0, 0.1) is 11.7 Å². The van der Waals surface area contributed by atoms with E-state index in [0.717, 1.165) is 12.6 Å². The molecule has 0 fully saturated rings. The van der Waals surface area contributed by atoms with Crippen LogP contribution >= 0.6 is 0 Å². The van der Waals surface area contributed by atoms with E-state index >= 15 is 0 Å². The maximum Gasteiger partial charge on any atom is 0.323 e. The molecule has 0 aliphatic rings. The Morgan fingerprint density at radius 3 is 2.68 bits per heavy atom. The minimum Gasteiger partial charge on any atom is -0.468 e. The summed E-state index contributed by atoms with van der Waals surface area (Å²) >= 11 is 0. The average Bonchev–Trinajstić information content (AvgIpc) is 2.42. The molecule has 1 rings (SSSR count). The largest absolute Gasteiger partial charge is 0.468 e. The highest BCUT2D eigenvalue weighted by Gasteiger charge is 2.26. The quantitative estimate of drug-likeness (QED) is 0.805. The van der Waals surface area contributed by atoms with Crippen LogP contribution in [0.3, 0.4) is 0 Å². The Kier molecular flexibility index (Phi) is 5.89. The lowest BCUT2D eigenvalue weighted by Crippen LogP contribution is -2.43. The van der Waals surface area contributed by atoms with Gasteiger partial charge in [0.05, 0.1) is 13.3 Å². The van der Waals surface area contributed by atoms with E-state index in [9.17, 15) is 9.18 Å². The number of pyridine rings is 1. The number of hydrogen-bond donors (Lipinski definition) is 1. The first-order chi connectivity index (χ1) is 8.99. The SMILES string of the molecule is CCC(C)C(NC(C)c1cncc(F)c1)C(=O)OC. The predicted octanol–water partition coefficient (Wildman–Crippen LogP) is 2.46. The third-order valence-electron chi connectivity index (χ3n) is 3.32. The van der Waals surface area contributed by atoms with Crippen molar-refractivity contribution in [1.29, 1.82) is 0 Å². The van der Waals surface area contributed by atoms with Gasteiger partial charge in [-0.1, -0.05) is 20.3 Å². The molecule has 0 spiro atoms. The molecule has 1 N–H and O–H groups in total. The fourth-order valence-electron chi connectivity index (χ4n) is 1.86. The average molecular weight is 268 g/mol. The molecule has 3 atom stereocenters. The number of halogens is 1. The Bertz CT molecular complexity index is 426. The van der Waals surface area contributed by atoms with Crippen molar-refractivity contribution in [2.24, 2.45) is 5.92 Å². The number of carbonyl (C=O) groups is 1. The lowest BCUT2D eigenvalue weighted by atomic mass is 9.97. The van der Waals surface area contributed by atoms with Crippen molar-refractivity contribution >= 4 is 5.97 Å². The van der Waals surface area contributed by atoms with Gasteiger partial charge in [0.1, 0.15) is 11.9 Å². The van der Waals surface area contributed by atoms with Crippen LogP contribution in [0.2, 0.25) is 0 Å². The van der Waals surface area contributed by atoms with Gasteiger partial charge in [0, 0.05) is 12.2 Å². The van der Waals surface area contributed by atoms with Crippen molar-refractivity contribution in [2.75, 3.05) is 7.11 Å². The second-order valence-electron chi connectivity index (χ2n) is 4.71. The van der Waals surface area contributed by atoms with E-state index in [1.807, 2.05) is 20.8 Å². The Hall–Kier alpha value is -1.49. The number of rotatable bonds is 6. The number of carbonyl (C=O) groups excluding carboxylic acids is 1. The molecule has 0 saturated carbocycles. The standard InChI is InChI=1S/C14H21FN2O2/c1-5-9(2)13(14(18)19-4)17-10(3)11-6-12(15)8-16-7-11/h6-10,13,17H,5H2,1-4H3. The summed E-state index contributed by atoms with van der Waals surface area (Å²) in [5, 5.41) is 3.18. The summed E-state index contributed by atoms with van der Waals surface area (Å²) in [4.78, 5) is 15.6. The minimum absolute atomic E-state index is 0.136. The third-order valence-corrected chi connectivity index (χ3v) is 3.32. The van der Waals surface area contributed by atoms with Crippen molar-refractivity contribution in [3.05, 3.63) is 29.8 Å². The molecule has 0 aliphatic carbocycles. The van der Waals surface area contributed by atoms with Gasteiger partial charge in [-0.3, -0.25) is 15.1 Å². The molecule has 3 unspecified atom stereocenters. The van der Waals surface area contributed by atoms with E-state index in [1.54, 1.807) is 6.20 Å². The van der Waals surface area contributed by atoms with Crippen LogP contribution in [0.25, 0.3) is 0 Å². The molecular weight excluding hydrogens is 247 g/mol. The van der Waals surface area contributed by atoms with Crippen molar-refractivity contribution in [2.45, 2.75) is 39.3 Å². The fourth-order valence-corrected chi connectivity index (χ4v) is 1.86. The molecule has 4 nitrogen and oxygen atoms in total. The summed E-state index contributed by atoms with van der Waals surface area (Å²) < 4.78 is 17.9. The minimum atomic E-state index is -0.409. The maximum absolute atomic E-state index is 13.1. The summed E-state index contributed by atoms with van der Waals surface area (Å²) in [6.45, 7) is 5.86. The zero-order valence-corrected chi connectivity index (χ0v) is 11.8. The van der Waals surface area contributed by atoms with Gasteiger partial charge in [-0.15, -0.1) is 0 Å². The van der Waals surface area contributed by atoms with Crippen LogP contribution in [0.5, 0.6) is 0 Å². The maximum atomic E-state index is 13.1. The molecule has 1 aromatic heterocycles. The summed E-state index contributed by atoms with van der Waals surface area (Å²) in [6.07, 6.45) is 3.59. The molecule has 0 amide bonds. The van der Waals surface area contributed by atoms with Crippen LogP contribution in [-0.2, 0) is 9.53 Å². The second kappa shape index (κ2) is 7.19. The zero-order chi connectivity index (χ0) is 14.4. The predicted molar refractivity (Wildman–Crippen MR) is 71.0 cm³/mol. The lowest BCUT2D eigenvalue weighted by Gasteiger charge is -2.25. The summed E-state index contributed by atoms with van der Waals surface area (Å²) in [7, 11) is 1.37. The molecular formula is C14H21FN2O2. The van der Waals surface area contributed by atoms with Crippen LogP contribution < -0.4 is 5.32 Å². The molecule has 0 aliphatic heterocycles. The lowest BCUT2D eigenvalue weighted by molar-refractivity contribution is -0.144. The summed E-state index contributed by atoms with van der Waals surface area (Å²) in [6, 6.07) is 0.824. The number of nitrogens with one attached hydrogen (secondary N) is 1. The Balaban J connectivity index is 2.81. The molecule has 106 valence electrons. The van der Waals surface area contributed by atoms with Gasteiger partial charge in [0.25, 0.3) is 0 Å². The number of ether oxygens (including phenoxy) is 1. The normalized spacial score (nSPS) is 15.6. The first-order valence-electron chi connectivity index (χ1n) is 6.43. The summed E-state index contributed by atoms with van der Waals surface area (Å²) in [5.74, 6) is -0.550. The van der Waals surface area contributed by atoms with Crippen molar-refractivity contribution in [1.82, 2.24) is 10.3 Å². The van der Waals surface area contributed by atoms with Crippen molar-refractivity contribution in [3.63, 3.8) is 0 Å². The molecule has 5 heteroatoms. The van der Waals surface area contributed by atoms with Gasteiger partial charge in [-0.25, -0.2) is 4.39 Å². The van der Waals surface area contributed by atoms with Crippen molar-refractivity contribution < 1.29 is 13.9 Å². The van der Waals surface area contributed by atoms with Gasteiger partial charge in [-0.05, 0) is 24.5 Å². The van der Waals surface area contributed by atoms with Crippen LogP contribution in [-0.4, -0.2) is 24.1 Å². The van der Waals surface area contributed by atoms with Gasteiger partial charge in [-0.2, -0.15) is 0 Å². The van der Waals surface area contributed by atoms with Crippen LogP contribution in [0.4, 0.5) is 4.39 Å². The Morgan fingerprint density at radius 2 is 2.16 bits per heavy atom. The number of hydrogen-bond acceptors (Lipinski definition) is 4. The summed E-state index contributed by atoms with van der Waals surface area (Å²) in [5.41, 5.74) is 0.706. The van der Waals surface area contributed by atoms with Gasteiger partial charge in [0.15, 0.2) is 0 Å². The first-order valence-corrected chi connectivity index (χ1v) is 6.43. The van der Waals surface area contributed by atoms with E-state index in [-0.39, 0.29) is 23.7 Å². The highest BCUT2D eigenvalue weighted by Crippen LogP contribution is 2.17. The van der Waals surface area contributed by atoms with E-state index in [4.69, 9.17) is 4.74 Å². The molecule has 0 bridgehead atoms. The van der Waals surface area contributed by atoms with E-state index in [0.29, 0.717) is 5.56 Å². The molecule has 0 saturated heterocycles. The van der Waals surface area contributed by atoms with Gasteiger partial charge >= 0.3 is 5.97 Å². The number of aromatic nitrogens is 1. The van der Waals surface area contributed by atoms with E-state index in [2.05, 4.69) is 10.3 Å². The number of nitrogens with zero attached hydrogens (tertiary/aromatic N) is 1. The Labute approximate surface area is 113 Å². The van der Waals surface area contributed by atoms with Crippen LogP contribution in [0.15, 0.2) is 18.5 Å². The Morgan fingerprint density at radius 1 is 1.47 bits per heavy atom. The van der Waals surface area contributed by atoms with E-state index < -0.39 is 6.04 Å². The second-order valence-corrected chi connectivity index (χ2v) is 4.71. The monoisotopic (exact) mass is 268 g/mol. The van der Waals surface area contributed by atoms with Crippen LogP contribution in [0.1, 0.15) is 38.8 Å². The zero-order valence-electron chi connectivity index (χ0n) is 11.8. The third kappa shape index (κ3) is 4.28. The molecule has 19 heavy (non-hydrogen) atoms. The molecule has 0 aromatic carbocycles. The molecule has 1 aromatic rings. The molecule has 0 radical (unpaired) electrons. The van der Waals surface area contributed by atoms with E-state index in [1.165, 1.54) is 13.2 Å². The van der Waals surface area contributed by atoms with Gasteiger partial charge in [0.2, 0.25) is 0 Å². The smallest absolute Gasteiger partial charge is 0.323 e. The number of esters is 1. The molecule has 1 heterocycles. The van der Waals surface area contributed by atoms with Crippen molar-refractivity contribution in [3.8, 4) is 0 Å². The first kappa shape index (κ1) is 15.6. The highest BCUT2D eigenvalue weighted by molar-refractivity contribution is 5.76. The van der Waals surface area contributed by atoms with Gasteiger partial charge < -0.3 is 4.74 Å². The highest BCUT2D eigenvalue weighted by atomic mass is 19.1. The fraction of sp³-hybridized carbons (Fsp3) is 0.571.